The summed E-state index contributed by atoms with van der Waals surface area (Å²) < 4.78 is 6.91. The number of nitrogens with one attached hydrogen (secondary N) is 1. The van der Waals surface area contributed by atoms with Gasteiger partial charge in [0.15, 0.2) is 5.82 Å². The van der Waals surface area contributed by atoms with E-state index in [2.05, 4.69) is 20.4 Å². The number of fused-ring (bicyclic) bond motifs is 1. The van der Waals surface area contributed by atoms with E-state index in [4.69, 9.17) is 4.74 Å². The van der Waals surface area contributed by atoms with Gasteiger partial charge in [0.05, 0.1) is 13.5 Å². The van der Waals surface area contributed by atoms with E-state index in [-0.39, 0.29) is 12.3 Å². The van der Waals surface area contributed by atoms with Gasteiger partial charge in [0.25, 0.3) is 5.78 Å². The number of hydrogen-bond acceptors (Lipinski definition) is 5. The predicted octanol–water partition coefficient (Wildman–Crippen LogP) is 3.91. The van der Waals surface area contributed by atoms with Crippen LogP contribution in [0.4, 0.5) is 5.69 Å². The zero-order valence-corrected chi connectivity index (χ0v) is 17.4. The fraction of sp³-hybridized carbons (Fsp3) is 0.217. The molecule has 2 heterocycles. The summed E-state index contributed by atoms with van der Waals surface area (Å²) in [7, 11) is 1.59. The monoisotopic (exact) mass is 401 g/mol. The van der Waals surface area contributed by atoms with Crippen molar-refractivity contribution >= 4 is 17.4 Å². The number of amides is 1. The first kappa shape index (κ1) is 19.6. The first-order valence-electron chi connectivity index (χ1n) is 9.68. The Balaban J connectivity index is 1.62. The fourth-order valence-corrected chi connectivity index (χ4v) is 3.36. The highest BCUT2D eigenvalue weighted by molar-refractivity contribution is 5.92. The lowest BCUT2D eigenvalue weighted by Crippen LogP contribution is -2.17. The van der Waals surface area contributed by atoms with Crippen molar-refractivity contribution in [3.8, 4) is 17.1 Å². The molecule has 0 aliphatic heterocycles. The molecule has 0 aliphatic rings. The van der Waals surface area contributed by atoms with E-state index in [0.29, 0.717) is 23.0 Å². The van der Waals surface area contributed by atoms with Crippen molar-refractivity contribution in [1.82, 2.24) is 19.6 Å². The van der Waals surface area contributed by atoms with E-state index in [1.165, 1.54) is 5.56 Å². The number of rotatable bonds is 5. The molecule has 7 nitrogen and oxygen atoms in total. The first-order chi connectivity index (χ1) is 14.4. The molecule has 0 fully saturated rings. The Morgan fingerprint density at radius 3 is 2.57 bits per heavy atom. The molecule has 4 aromatic rings. The van der Waals surface area contributed by atoms with E-state index in [0.717, 1.165) is 22.5 Å². The van der Waals surface area contributed by atoms with Crippen LogP contribution in [0.2, 0.25) is 0 Å². The van der Waals surface area contributed by atoms with Crippen molar-refractivity contribution in [3.63, 3.8) is 0 Å². The van der Waals surface area contributed by atoms with Crippen LogP contribution in [0.3, 0.4) is 0 Å². The summed E-state index contributed by atoms with van der Waals surface area (Å²) in [6.07, 6.45) is 0.192. The first-order valence-corrected chi connectivity index (χ1v) is 9.68. The van der Waals surface area contributed by atoms with Crippen LogP contribution in [-0.2, 0) is 11.2 Å². The Morgan fingerprint density at radius 2 is 1.83 bits per heavy atom. The molecule has 0 aliphatic carbocycles. The minimum Gasteiger partial charge on any atom is -0.497 e. The van der Waals surface area contributed by atoms with Gasteiger partial charge in [-0.05, 0) is 32.9 Å². The van der Waals surface area contributed by atoms with E-state index >= 15 is 0 Å². The van der Waals surface area contributed by atoms with Gasteiger partial charge in [-0.25, -0.2) is 9.50 Å². The minimum atomic E-state index is -0.130. The van der Waals surface area contributed by atoms with Gasteiger partial charge >= 0.3 is 0 Å². The number of aryl methyl sites for hydroxylation is 3. The van der Waals surface area contributed by atoms with Gasteiger partial charge in [-0.1, -0.05) is 35.9 Å². The van der Waals surface area contributed by atoms with Crippen LogP contribution in [0.25, 0.3) is 17.2 Å². The number of ether oxygens (including phenoxy) is 1. The molecule has 30 heavy (non-hydrogen) atoms. The Hall–Kier alpha value is -3.74. The summed E-state index contributed by atoms with van der Waals surface area (Å²) in [5.74, 6) is 1.70. The van der Waals surface area contributed by atoms with Gasteiger partial charge < -0.3 is 10.1 Å². The molecule has 0 saturated heterocycles. The average molecular weight is 401 g/mol. The molecular weight excluding hydrogens is 378 g/mol. The Morgan fingerprint density at radius 1 is 1.07 bits per heavy atom. The average Bonchev–Trinajstić information content (AvgIpc) is 3.16. The standard InChI is InChI=1S/C23H23N5O2/c1-14-8-10-17(11-9-14)22-26-23-24-15(2)20(16(3)28(23)27-22)13-21(29)25-18-6-5-7-19(12-18)30-4/h5-12H,13H2,1-4H3,(H,25,29). The lowest BCUT2D eigenvalue weighted by Gasteiger charge is -2.11. The van der Waals surface area contributed by atoms with Crippen LogP contribution in [0, 0.1) is 20.8 Å². The van der Waals surface area contributed by atoms with Gasteiger partial charge in [0.1, 0.15) is 5.75 Å². The smallest absolute Gasteiger partial charge is 0.253 e. The molecule has 0 radical (unpaired) electrons. The van der Waals surface area contributed by atoms with Gasteiger partial charge in [0, 0.05) is 34.3 Å². The molecule has 0 bridgehead atoms. The number of anilines is 1. The number of nitrogens with zero attached hydrogens (tertiary/aromatic N) is 4. The number of methoxy groups -OCH3 is 1. The molecule has 2 aromatic heterocycles. The van der Waals surface area contributed by atoms with Crippen LogP contribution < -0.4 is 10.1 Å². The Kier molecular flexibility index (Phi) is 5.18. The summed E-state index contributed by atoms with van der Waals surface area (Å²) in [5.41, 5.74) is 5.25. The van der Waals surface area contributed by atoms with Crippen molar-refractivity contribution in [3.05, 3.63) is 71.0 Å². The van der Waals surface area contributed by atoms with Crippen LogP contribution in [0.1, 0.15) is 22.5 Å². The maximum atomic E-state index is 12.7. The quantitative estimate of drug-likeness (QED) is 0.548. The second kappa shape index (κ2) is 7.94. The SMILES string of the molecule is COc1cccc(NC(=O)Cc2c(C)nc3nc(-c4ccc(C)cc4)nn3c2C)c1. The zero-order chi connectivity index (χ0) is 21.3. The molecule has 0 spiro atoms. The van der Waals surface area contributed by atoms with Crippen LogP contribution >= 0.6 is 0 Å². The third kappa shape index (κ3) is 3.87. The number of carbonyl (C=O) groups is 1. The number of carbonyl (C=O) groups excluding carboxylic acids is 1. The Labute approximate surface area is 174 Å². The maximum absolute atomic E-state index is 12.7. The minimum absolute atomic E-state index is 0.130. The van der Waals surface area contributed by atoms with Gasteiger partial charge in [-0.3, -0.25) is 4.79 Å². The molecular formula is C23H23N5O2. The van der Waals surface area contributed by atoms with Crippen molar-refractivity contribution in [2.45, 2.75) is 27.2 Å². The highest BCUT2D eigenvalue weighted by Gasteiger charge is 2.17. The van der Waals surface area contributed by atoms with Crippen molar-refractivity contribution in [2.24, 2.45) is 0 Å². The van der Waals surface area contributed by atoms with Crippen molar-refractivity contribution in [2.75, 3.05) is 12.4 Å². The summed E-state index contributed by atoms with van der Waals surface area (Å²) in [6.45, 7) is 5.86. The van der Waals surface area contributed by atoms with Crippen LogP contribution in [0.15, 0.2) is 48.5 Å². The molecule has 4 rings (SSSR count). The van der Waals surface area contributed by atoms with Gasteiger partial charge in [-0.2, -0.15) is 4.98 Å². The highest BCUT2D eigenvalue weighted by atomic mass is 16.5. The molecule has 0 atom stereocenters. The predicted molar refractivity (Wildman–Crippen MR) is 116 cm³/mol. The third-order valence-electron chi connectivity index (χ3n) is 5.05. The lowest BCUT2D eigenvalue weighted by atomic mass is 10.1. The lowest BCUT2D eigenvalue weighted by molar-refractivity contribution is -0.115. The van der Waals surface area contributed by atoms with E-state index in [1.54, 1.807) is 17.7 Å². The number of aromatic nitrogens is 4. The second-order valence-electron chi connectivity index (χ2n) is 7.23. The third-order valence-corrected chi connectivity index (χ3v) is 5.05. The molecule has 0 saturated carbocycles. The molecule has 2 aromatic carbocycles. The maximum Gasteiger partial charge on any atom is 0.253 e. The van der Waals surface area contributed by atoms with Crippen LogP contribution in [-0.4, -0.2) is 32.6 Å². The summed E-state index contributed by atoms with van der Waals surface area (Å²) in [4.78, 5) is 21.8. The van der Waals surface area contributed by atoms with Gasteiger partial charge in [-0.15, -0.1) is 5.10 Å². The number of benzene rings is 2. The topological polar surface area (TPSA) is 81.4 Å². The summed E-state index contributed by atoms with van der Waals surface area (Å²) in [6, 6.07) is 15.3. The second-order valence-corrected chi connectivity index (χ2v) is 7.23. The van der Waals surface area contributed by atoms with E-state index in [9.17, 15) is 4.79 Å². The summed E-state index contributed by atoms with van der Waals surface area (Å²) in [5, 5.41) is 7.53. The summed E-state index contributed by atoms with van der Waals surface area (Å²) >= 11 is 0. The molecule has 152 valence electrons. The largest absolute Gasteiger partial charge is 0.497 e. The molecule has 7 heteroatoms. The molecule has 0 unspecified atom stereocenters. The highest BCUT2D eigenvalue weighted by Crippen LogP contribution is 2.21. The van der Waals surface area contributed by atoms with Crippen LogP contribution in [0.5, 0.6) is 5.75 Å². The fourth-order valence-electron chi connectivity index (χ4n) is 3.36. The van der Waals surface area contributed by atoms with E-state index in [1.807, 2.05) is 63.2 Å². The molecule has 1 N–H and O–H groups in total. The molecule has 1 amide bonds. The number of hydrogen-bond donors (Lipinski definition) is 1. The van der Waals surface area contributed by atoms with Crippen molar-refractivity contribution in [1.29, 1.82) is 0 Å². The van der Waals surface area contributed by atoms with Gasteiger partial charge in [0.2, 0.25) is 5.91 Å². The zero-order valence-electron chi connectivity index (χ0n) is 17.4. The van der Waals surface area contributed by atoms with E-state index < -0.39 is 0 Å². The van der Waals surface area contributed by atoms with Crippen molar-refractivity contribution < 1.29 is 9.53 Å². The Bertz CT molecular complexity index is 1230. The normalized spacial score (nSPS) is 10.9.